The van der Waals surface area contributed by atoms with Crippen molar-refractivity contribution in [3.05, 3.63) is 101 Å². The molecule has 0 radical (unpaired) electrons. The Labute approximate surface area is 245 Å². The van der Waals surface area contributed by atoms with E-state index in [4.69, 9.17) is 0 Å². The van der Waals surface area contributed by atoms with Gasteiger partial charge in [0.15, 0.2) is 0 Å². The number of sulfonamides is 1. The molecule has 0 aliphatic rings. The highest BCUT2D eigenvalue weighted by Crippen LogP contribution is 2.32. The highest BCUT2D eigenvalue weighted by Gasteiger charge is 2.35. The summed E-state index contributed by atoms with van der Waals surface area (Å²) in [5, 5.41) is 2.93. The maximum absolute atomic E-state index is 14.1. The summed E-state index contributed by atoms with van der Waals surface area (Å²) in [7, 11) is -4.20. The molecule has 42 heavy (non-hydrogen) atoms. The third-order valence-corrected chi connectivity index (χ3v) is 7.99. The van der Waals surface area contributed by atoms with Crippen LogP contribution in [0.3, 0.4) is 0 Å². The van der Waals surface area contributed by atoms with Gasteiger partial charge < -0.3 is 10.2 Å². The minimum absolute atomic E-state index is 0.0217. The highest BCUT2D eigenvalue weighted by molar-refractivity contribution is 7.92. The van der Waals surface area contributed by atoms with Crippen LogP contribution in [0.4, 0.5) is 18.9 Å². The molecule has 0 aliphatic carbocycles. The van der Waals surface area contributed by atoms with E-state index in [2.05, 4.69) is 5.32 Å². The van der Waals surface area contributed by atoms with Crippen molar-refractivity contribution in [2.24, 2.45) is 0 Å². The van der Waals surface area contributed by atoms with E-state index >= 15 is 0 Å². The van der Waals surface area contributed by atoms with Crippen LogP contribution in [-0.2, 0) is 38.8 Å². The van der Waals surface area contributed by atoms with E-state index in [9.17, 15) is 31.2 Å². The van der Waals surface area contributed by atoms with Gasteiger partial charge >= 0.3 is 6.18 Å². The van der Waals surface area contributed by atoms with Gasteiger partial charge in [-0.05, 0) is 49.6 Å². The Kier molecular flexibility index (Phi) is 10.8. The van der Waals surface area contributed by atoms with Crippen molar-refractivity contribution in [3.8, 4) is 0 Å². The summed E-state index contributed by atoms with van der Waals surface area (Å²) in [6, 6.07) is 19.0. The normalized spacial score (nSPS) is 13.2. The molecule has 0 aromatic heterocycles. The largest absolute Gasteiger partial charge is 0.416 e. The number of aryl methyl sites for hydroxylation is 1. The monoisotopic (exact) mass is 603 g/mol. The topological polar surface area (TPSA) is 86.8 Å². The molecular weight excluding hydrogens is 567 g/mol. The van der Waals surface area contributed by atoms with Crippen LogP contribution in [0.1, 0.15) is 42.5 Å². The van der Waals surface area contributed by atoms with Crippen molar-refractivity contribution in [3.63, 3.8) is 0 Å². The van der Waals surface area contributed by atoms with Crippen LogP contribution in [0.25, 0.3) is 0 Å². The molecule has 3 aromatic carbocycles. The van der Waals surface area contributed by atoms with Gasteiger partial charge in [0, 0.05) is 19.0 Å². The van der Waals surface area contributed by atoms with Gasteiger partial charge in [0.2, 0.25) is 21.8 Å². The molecule has 226 valence electrons. The van der Waals surface area contributed by atoms with E-state index in [0.717, 1.165) is 29.5 Å². The Morgan fingerprint density at radius 3 is 2.17 bits per heavy atom. The van der Waals surface area contributed by atoms with Gasteiger partial charge in [-0.25, -0.2) is 8.42 Å². The number of hydrogen-bond donors (Lipinski definition) is 1. The maximum Gasteiger partial charge on any atom is 0.416 e. The number of amides is 2. The third kappa shape index (κ3) is 9.07. The fourth-order valence-corrected chi connectivity index (χ4v) is 5.29. The second-order valence-corrected chi connectivity index (χ2v) is 12.3. The Hall–Kier alpha value is -3.86. The SMILES string of the molecule is CC[C@H](C)NC(=O)[C@H](Cc1ccccc1)N(Cc1cccc(C)c1)C(=O)CN(c1cccc(C(F)(F)F)c1)S(C)(=O)=O. The number of anilines is 1. The van der Waals surface area contributed by atoms with Crippen LogP contribution in [0, 0.1) is 6.92 Å². The second-order valence-electron chi connectivity index (χ2n) is 10.4. The summed E-state index contributed by atoms with van der Waals surface area (Å²) in [6.07, 6.45) is -3.10. The lowest BCUT2D eigenvalue weighted by Gasteiger charge is -2.34. The maximum atomic E-state index is 14.1. The van der Waals surface area contributed by atoms with Crippen LogP contribution < -0.4 is 9.62 Å². The molecule has 0 saturated heterocycles. The lowest BCUT2D eigenvalue weighted by molar-refractivity contribution is -0.140. The molecule has 11 heteroatoms. The number of halogens is 3. The second kappa shape index (κ2) is 13.9. The predicted molar refractivity (Wildman–Crippen MR) is 157 cm³/mol. The minimum atomic E-state index is -4.71. The fraction of sp³-hybridized carbons (Fsp3) is 0.355. The van der Waals surface area contributed by atoms with E-state index in [1.165, 1.54) is 11.0 Å². The number of nitrogens with one attached hydrogen (secondary N) is 1. The van der Waals surface area contributed by atoms with Crippen molar-refractivity contribution < 1.29 is 31.2 Å². The zero-order valence-corrected chi connectivity index (χ0v) is 24.9. The average molecular weight is 604 g/mol. The Bertz CT molecular complexity index is 1480. The van der Waals surface area contributed by atoms with E-state index in [1.54, 1.807) is 6.07 Å². The number of hydrogen-bond acceptors (Lipinski definition) is 4. The molecule has 0 aliphatic heterocycles. The number of nitrogens with zero attached hydrogens (tertiary/aromatic N) is 2. The van der Waals surface area contributed by atoms with Gasteiger partial charge in [-0.3, -0.25) is 13.9 Å². The van der Waals surface area contributed by atoms with Gasteiger partial charge in [-0.2, -0.15) is 13.2 Å². The molecule has 2 amide bonds. The highest BCUT2D eigenvalue weighted by atomic mass is 32.2. The average Bonchev–Trinajstić information content (AvgIpc) is 2.93. The molecule has 0 saturated carbocycles. The lowest BCUT2D eigenvalue weighted by Crippen LogP contribution is -2.54. The zero-order valence-electron chi connectivity index (χ0n) is 24.1. The molecule has 1 N–H and O–H groups in total. The third-order valence-electron chi connectivity index (χ3n) is 6.85. The van der Waals surface area contributed by atoms with Crippen molar-refractivity contribution in [1.29, 1.82) is 0 Å². The molecule has 0 spiro atoms. The molecule has 3 rings (SSSR count). The molecular formula is C31H36F3N3O4S. The first-order valence-electron chi connectivity index (χ1n) is 13.5. The van der Waals surface area contributed by atoms with Gasteiger partial charge in [0.25, 0.3) is 0 Å². The van der Waals surface area contributed by atoms with E-state index < -0.39 is 46.2 Å². The molecule has 0 heterocycles. The van der Waals surface area contributed by atoms with E-state index in [-0.39, 0.29) is 24.7 Å². The Morgan fingerprint density at radius 1 is 0.929 bits per heavy atom. The number of alkyl halides is 3. The molecule has 0 fully saturated rings. The summed E-state index contributed by atoms with van der Waals surface area (Å²) < 4.78 is 66.6. The molecule has 3 aromatic rings. The van der Waals surface area contributed by atoms with Crippen LogP contribution in [0.5, 0.6) is 0 Å². The molecule has 0 unspecified atom stereocenters. The standard InChI is InChI=1S/C31H36F3N3O4S/c1-5-23(3)35-30(39)28(18-24-12-7-6-8-13-24)36(20-25-14-9-11-22(2)17-25)29(38)21-37(42(4,40)41)27-16-10-15-26(19-27)31(32,33)34/h6-17,19,23,28H,5,18,20-21H2,1-4H3,(H,35,39)/t23-,28-/m0/s1. The smallest absolute Gasteiger partial charge is 0.352 e. The molecule has 0 bridgehead atoms. The van der Waals surface area contributed by atoms with Crippen molar-refractivity contribution in [2.75, 3.05) is 17.1 Å². The Balaban J connectivity index is 2.09. The van der Waals surface area contributed by atoms with Gasteiger partial charge in [-0.1, -0.05) is 73.2 Å². The Morgan fingerprint density at radius 2 is 1.57 bits per heavy atom. The summed E-state index contributed by atoms with van der Waals surface area (Å²) in [4.78, 5) is 29.0. The number of carbonyl (C=O) groups excluding carboxylic acids is 2. The van der Waals surface area contributed by atoms with E-state index in [0.29, 0.717) is 22.4 Å². The van der Waals surface area contributed by atoms with Crippen molar-refractivity contribution in [1.82, 2.24) is 10.2 Å². The zero-order chi connectivity index (χ0) is 31.1. The summed E-state index contributed by atoms with van der Waals surface area (Å²) in [5.74, 6) is -1.15. The van der Waals surface area contributed by atoms with Gasteiger partial charge in [0.05, 0.1) is 17.5 Å². The first-order valence-corrected chi connectivity index (χ1v) is 15.4. The number of rotatable bonds is 12. The molecule has 7 nitrogen and oxygen atoms in total. The van der Waals surface area contributed by atoms with Gasteiger partial charge in [-0.15, -0.1) is 0 Å². The molecule has 2 atom stereocenters. The summed E-state index contributed by atoms with van der Waals surface area (Å²) in [5.41, 5.74) is 1.06. The van der Waals surface area contributed by atoms with Crippen LogP contribution in [0.15, 0.2) is 78.9 Å². The van der Waals surface area contributed by atoms with Gasteiger partial charge in [0.1, 0.15) is 12.6 Å². The predicted octanol–water partition coefficient (Wildman–Crippen LogP) is 5.33. The number of carbonyl (C=O) groups is 2. The van der Waals surface area contributed by atoms with Crippen LogP contribution in [-0.4, -0.2) is 50.0 Å². The van der Waals surface area contributed by atoms with Crippen LogP contribution in [0.2, 0.25) is 0 Å². The van der Waals surface area contributed by atoms with Crippen molar-refractivity contribution >= 4 is 27.5 Å². The summed E-state index contributed by atoms with van der Waals surface area (Å²) in [6.45, 7) is 4.81. The number of benzene rings is 3. The fourth-order valence-electron chi connectivity index (χ4n) is 4.45. The lowest BCUT2D eigenvalue weighted by atomic mass is 10.0. The summed E-state index contributed by atoms with van der Waals surface area (Å²) >= 11 is 0. The quantitative estimate of drug-likeness (QED) is 0.303. The minimum Gasteiger partial charge on any atom is -0.352 e. The first kappa shape index (κ1) is 32.7. The van der Waals surface area contributed by atoms with E-state index in [1.807, 2.05) is 69.3 Å². The van der Waals surface area contributed by atoms with Crippen molar-refractivity contribution in [2.45, 2.75) is 58.4 Å². The first-order chi connectivity index (χ1) is 19.7. The van der Waals surface area contributed by atoms with Crippen LogP contribution >= 0.6 is 0 Å².